The summed E-state index contributed by atoms with van der Waals surface area (Å²) in [6, 6.07) is 12.2. The third-order valence-electron chi connectivity index (χ3n) is 3.16. The summed E-state index contributed by atoms with van der Waals surface area (Å²) in [6.07, 6.45) is -0.960. The van der Waals surface area contributed by atoms with Gasteiger partial charge in [-0.25, -0.2) is 4.79 Å². The Morgan fingerprint density at radius 3 is 2.46 bits per heavy atom. The lowest BCUT2D eigenvalue weighted by Gasteiger charge is -2.10. The summed E-state index contributed by atoms with van der Waals surface area (Å²) in [6.45, 7) is 1.43. The number of amides is 1. The topological polar surface area (TPSA) is 69.4 Å². The molecule has 0 aliphatic rings. The maximum Gasteiger partial charge on any atom is 0.338 e. The van der Waals surface area contributed by atoms with Crippen LogP contribution in [0.1, 0.15) is 22.8 Å². The number of primary amides is 1. The second kappa shape index (κ2) is 8.42. The van der Waals surface area contributed by atoms with Gasteiger partial charge in [-0.2, -0.15) is 0 Å². The Morgan fingerprint density at radius 2 is 1.83 bits per heavy atom. The molecule has 0 aliphatic heterocycles. The molecule has 2 N–H and O–H groups in total. The first-order valence-corrected chi connectivity index (χ1v) is 8.78. The number of carbonyl (C=O) groups excluding carboxylic acids is 2. The zero-order valence-corrected chi connectivity index (χ0v) is 15.1. The van der Waals surface area contributed by atoms with E-state index in [9.17, 15) is 9.59 Å². The first-order chi connectivity index (χ1) is 11.4. The van der Waals surface area contributed by atoms with Crippen LogP contribution in [0.15, 0.2) is 47.4 Å². The van der Waals surface area contributed by atoms with Crippen molar-refractivity contribution in [3.8, 4) is 0 Å². The van der Waals surface area contributed by atoms with Crippen LogP contribution in [-0.2, 0) is 15.3 Å². The van der Waals surface area contributed by atoms with Crippen LogP contribution in [0.3, 0.4) is 0 Å². The number of ether oxygens (including phenoxy) is 1. The van der Waals surface area contributed by atoms with E-state index >= 15 is 0 Å². The highest BCUT2D eigenvalue weighted by Gasteiger charge is 2.16. The van der Waals surface area contributed by atoms with Crippen molar-refractivity contribution in [3.63, 3.8) is 0 Å². The minimum Gasteiger partial charge on any atom is -0.449 e. The van der Waals surface area contributed by atoms with E-state index in [0.29, 0.717) is 21.4 Å². The molecule has 2 aromatic carbocycles. The van der Waals surface area contributed by atoms with Crippen molar-refractivity contribution in [2.45, 2.75) is 23.7 Å². The lowest BCUT2D eigenvalue weighted by molar-refractivity contribution is -0.125. The Hall–Kier alpha value is -1.69. The van der Waals surface area contributed by atoms with E-state index in [1.54, 1.807) is 36.0 Å². The minimum absolute atomic E-state index is 0.359. The van der Waals surface area contributed by atoms with Crippen LogP contribution >= 0.6 is 35.0 Å². The van der Waals surface area contributed by atoms with Crippen molar-refractivity contribution < 1.29 is 14.3 Å². The van der Waals surface area contributed by atoms with E-state index < -0.39 is 18.0 Å². The summed E-state index contributed by atoms with van der Waals surface area (Å²) in [7, 11) is 0. The number of esters is 1. The monoisotopic (exact) mass is 383 g/mol. The van der Waals surface area contributed by atoms with Crippen LogP contribution in [-0.4, -0.2) is 18.0 Å². The SMILES string of the molecule is C[C@H](OC(=O)c1ccc(CSc2cc(Cl)ccc2Cl)cc1)C(N)=O. The summed E-state index contributed by atoms with van der Waals surface area (Å²) < 4.78 is 4.95. The van der Waals surface area contributed by atoms with Gasteiger partial charge in [-0.1, -0.05) is 35.3 Å². The van der Waals surface area contributed by atoms with Gasteiger partial charge in [0.05, 0.1) is 10.6 Å². The lowest BCUT2D eigenvalue weighted by Crippen LogP contribution is -2.30. The summed E-state index contributed by atoms with van der Waals surface area (Å²) in [5.41, 5.74) is 6.43. The molecule has 0 saturated carbocycles. The number of hydrogen-bond donors (Lipinski definition) is 1. The van der Waals surface area contributed by atoms with Gasteiger partial charge >= 0.3 is 5.97 Å². The maximum atomic E-state index is 11.9. The number of nitrogens with two attached hydrogens (primary N) is 1. The number of hydrogen-bond acceptors (Lipinski definition) is 4. The first-order valence-electron chi connectivity index (χ1n) is 7.04. The highest BCUT2D eigenvalue weighted by Crippen LogP contribution is 2.32. The van der Waals surface area contributed by atoms with E-state index in [0.717, 1.165) is 10.5 Å². The number of rotatable bonds is 6. The molecule has 2 aromatic rings. The van der Waals surface area contributed by atoms with Crippen LogP contribution in [0.2, 0.25) is 10.0 Å². The summed E-state index contributed by atoms with van der Waals surface area (Å²) in [4.78, 5) is 23.7. The highest BCUT2D eigenvalue weighted by atomic mass is 35.5. The van der Waals surface area contributed by atoms with E-state index in [1.807, 2.05) is 18.2 Å². The Morgan fingerprint density at radius 1 is 1.17 bits per heavy atom. The fourth-order valence-corrected chi connectivity index (χ4v) is 3.22. The fraction of sp³-hybridized carbons (Fsp3) is 0.176. The molecule has 0 bridgehead atoms. The van der Waals surface area contributed by atoms with E-state index in [-0.39, 0.29) is 0 Å². The van der Waals surface area contributed by atoms with Gasteiger partial charge in [0.1, 0.15) is 0 Å². The van der Waals surface area contributed by atoms with Crippen LogP contribution in [0.5, 0.6) is 0 Å². The standard InChI is InChI=1S/C17H15Cl2NO3S/c1-10(16(20)21)23-17(22)12-4-2-11(3-5-12)9-24-15-8-13(18)6-7-14(15)19/h2-8,10H,9H2,1H3,(H2,20,21)/t10-/m0/s1. The van der Waals surface area contributed by atoms with Crippen molar-refractivity contribution in [3.05, 3.63) is 63.6 Å². The zero-order valence-electron chi connectivity index (χ0n) is 12.8. The molecule has 0 saturated heterocycles. The van der Waals surface area contributed by atoms with Crippen molar-refractivity contribution in [2.24, 2.45) is 5.73 Å². The highest BCUT2D eigenvalue weighted by molar-refractivity contribution is 7.98. The largest absolute Gasteiger partial charge is 0.449 e. The number of halogens is 2. The lowest BCUT2D eigenvalue weighted by atomic mass is 10.1. The van der Waals surface area contributed by atoms with E-state index in [1.165, 1.54) is 6.92 Å². The molecule has 1 amide bonds. The molecule has 24 heavy (non-hydrogen) atoms. The maximum absolute atomic E-state index is 11.9. The Bertz CT molecular complexity index is 750. The predicted octanol–water partition coefficient (Wildman–Crippen LogP) is 4.32. The van der Waals surface area contributed by atoms with Crippen LogP contribution in [0.4, 0.5) is 0 Å². The minimum atomic E-state index is -0.960. The van der Waals surface area contributed by atoms with Crippen LogP contribution < -0.4 is 5.73 Å². The van der Waals surface area contributed by atoms with Gasteiger partial charge in [-0.15, -0.1) is 11.8 Å². The fourth-order valence-electron chi connectivity index (χ4n) is 1.77. The van der Waals surface area contributed by atoms with Gasteiger partial charge in [0.15, 0.2) is 6.10 Å². The van der Waals surface area contributed by atoms with Gasteiger partial charge in [0.25, 0.3) is 5.91 Å². The molecule has 0 aromatic heterocycles. The van der Waals surface area contributed by atoms with Crippen molar-refractivity contribution in [1.82, 2.24) is 0 Å². The first kappa shape index (κ1) is 18.6. The smallest absolute Gasteiger partial charge is 0.338 e. The molecule has 0 heterocycles. The third-order valence-corrected chi connectivity index (χ3v) is 4.96. The molecule has 4 nitrogen and oxygen atoms in total. The number of carbonyl (C=O) groups is 2. The van der Waals surface area contributed by atoms with Crippen LogP contribution in [0, 0.1) is 0 Å². The summed E-state index contributed by atoms with van der Waals surface area (Å²) in [5.74, 6) is -0.597. The second-order valence-corrected chi connectivity index (χ2v) is 6.87. The Kier molecular flexibility index (Phi) is 6.54. The van der Waals surface area contributed by atoms with Gasteiger partial charge in [-0.05, 0) is 42.8 Å². The van der Waals surface area contributed by atoms with Gasteiger partial charge in [0.2, 0.25) is 0 Å². The molecule has 0 unspecified atom stereocenters. The molecule has 7 heteroatoms. The van der Waals surface area contributed by atoms with Crippen LogP contribution in [0.25, 0.3) is 0 Å². The Labute approximate surface area is 154 Å². The van der Waals surface area contributed by atoms with Gasteiger partial charge in [-0.3, -0.25) is 4.79 Å². The van der Waals surface area contributed by atoms with Gasteiger partial charge in [0, 0.05) is 15.7 Å². The quantitative estimate of drug-likeness (QED) is 0.595. The van der Waals surface area contributed by atoms with Crippen molar-refractivity contribution in [2.75, 3.05) is 0 Å². The summed E-state index contributed by atoms with van der Waals surface area (Å²) >= 11 is 13.6. The predicted molar refractivity (Wildman–Crippen MR) is 96.5 cm³/mol. The van der Waals surface area contributed by atoms with E-state index in [4.69, 9.17) is 33.7 Å². The van der Waals surface area contributed by atoms with Crippen molar-refractivity contribution in [1.29, 1.82) is 0 Å². The molecular weight excluding hydrogens is 369 g/mol. The average Bonchev–Trinajstić information content (AvgIpc) is 2.56. The number of benzene rings is 2. The molecule has 126 valence electrons. The van der Waals surface area contributed by atoms with Crippen molar-refractivity contribution >= 4 is 46.8 Å². The Balaban J connectivity index is 1.98. The van der Waals surface area contributed by atoms with Gasteiger partial charge < -0.3 is 10.5 Å². The third kappa shape index (κ3) is 5.16. The molecule has 0 radical (unpaired) electrons. The molecule has 1 atom stereocenters. The zero-order chi connectivity index (χ0) is 17.7. The second-order valence-electron chi connectivity index (χ2n) is 5.01. The molecular formula is C17H15Cl2NO3S. The van der Waals surface area contributed by atoms with E-state index in [2.05, 4.69) is 0 Å². The number of thioether (sulfide) groups is 1. The molecule has 0 aliphatic carbocycles. The average molecular weight is 384 g/mol. The summed E-state index contributed by atoms with van der Waals surface area (Å²) in [5, 5.41) is 1.27. The molecule has 0 spiro atoms. The molecule has 0 fully saturated rings. The normalized spacial score (nSPS) is 11.8. The molecule has 2 rings (SSSR count).